The van der Waals surface area contributed by atoms with Crippen LogP contribution in [-0.4, -0.2) is 40.5 Å². The van der Waals surface area contributed by atoms with Gasteiger partial charge in [-0.1, -0.05) is 30.3 Å². The molecule has 0 aliphatic carbocycles. The molecule has 0 bridgehead atoms. The van der Waals surface area contributed by atoms with Gasteiger partial charge in [0.15, 0.2) is 5.96 Å². The molecule has 1 heterocycles. The number of aliphatic hydroxyl groups excluding tert-OH is 1. The van der Waals surface area contributed by atoms with Crippen LogP contribution in [0.3, 0.4) is 0 Å². The summed E-state index contributed by atoms with van der Waals surface area (Å²) < 4.78 is 1.82. The SMILES string of the molecule is CCNC(=NCCCc1cnn(C)c1)NCCC(O)c1ccccc1.I. The molecule has 0 spiro atoms. The van der Waals surface area contributed by atoms with Crippen LogP contribution in [-0.2, 0) is 13.5 Å². The largest absolute Gasteiger partial charge is 0.388 e. The predicted molar refractivity (Wildman–Crippen MR) is 117 cm³/mol. The van der Waals surface area contributed by atoms with E-state index in [0.29, 0.717) is 13.0 Å². The Morgan fingerprint density at radius 2 is 2.04 bits per heavy atom. The van der Waals surface area contributed by atoms with E-state index in [9.17, 15) is 5.11 Å². The van der Waals surface area contributed by atoms with Gasteiger partial charge in [-0.15, -0.1) is 24.0 Å². The second-order valence-electron chi connectivity index (χ2n) is 6.03. The van der Waals surface area contributed by atoms with E-state index < -0.39 is 6.10 Å². The van der Waals surface area contributed by atoms with E-state index in [0.717, 1.165) is 37.5 Å². The number of aryl methyl sites for hydroxylation is 2. The summed E-state index contributed by atoms with van der Waals surface area (Å²) in [5.74, 6) is 0.800. The molecule has 1 aromatic carbocycles. The Balaban J connectivity index is 0.00000338. The summed E-state index contributed by atoms with van der Waals surface area (Å²) in [7, 11) is 1.93. The molecule has 0 amide bonds. The molecule has 0 saturated carbocycles. The Bertz CT molecular complexity index is 644. The highest BCUT2D eigenvalue weighted by Crippen LogP contribution is 2.14. The number of rotatable bonds is 9. The fraction of sp³-hybridized carbons (Fsp3) is 0.474. The van der Waals surface area contributed by atoms with E-state index in [2.05, 4.69) is 20.7 Å². The molecule has 0 fully saturated rings. The van der Waals surface area contributed by atoms with Crippen molar-refractivity contribution < 1.29 is 5.11 Å². The zero-order valence-corrected chi connectivity index (χ0v) is 17.9. The molecule has 7 heteroatoms. The molecule has 0 saturated heterocycles. The standard InChI is InChI=1S/C19H29N5O.HI/c1-3-20-19(21-12-7-8-16-14-23-24(2)15-16)22-13-11-18(25)17-9-5-4-6-10-17;/h4-6,9-10,14-15,18,25H,3,7-8,11-13H2,1-2H3,(H2,20,21,22);1H. The van der Waals surface area contributed by atoms with Crippen LogP contribution < -0.4 is 10.6 Å². The van der Waals surface area contributed by atoms with E-state index in [-0.39, 0.29) is 24.0 Å². The number of halogens is 1. The number of benzene rings is 1. The quantitative estimate of drug-likeness (QED) is 0.228. The molecule has 1 aromatic heterocycles. The summed E-state index contributed by atoms with van der Waals surface area (Å²) in [6, 6.07) is 9.74. The average molecular weight is 471 g/mol. The molecule has 0 radical (unpaired) electrons. The number of nitrogens with one attached hydrogen (secondary N) is 2. The Morgan fingerprint density at radius 3 is 2.69 bits per heavy atom. The van der Waals surface area contributed by atoms with Crippen LogP contribution in [0.5, 0.6) is 0 Å². The maximum Gasteiger partial charge on any atom is 0.191 e. The van der Waals surface area contributed by atoms with Crippen LogP contribution in [0.1, 0.15) is 37.0 Å². The van der Waals surface area contributed by atoms with Crippen LogP contribution in [0, 0.1) is 0 Å². The summed E-state index contributed by atoms with van der Waals surface area (Å²) in [5, 5.41) is 20.9. The highest BCUT2D eigenvalue weighted by atomic mass is 127. The van der Waals surface area contributed by atoms with Gasteiger partial charge in [-0.3, -0.25) is 9.67 Å². The highest BCUT2D eigenvalue weighted by molar-refractivity contribution is 14.0. The average Bonchev–Trinajstić information content (AvgIpc) is 3.04. The van der Waals surface area contributed by atoms with Gasteiger partial charge in [0.2, 0.25) is 0 Å². The van der Waals surface area contributed by atoms with Crippen molar-refractivity contribution in [3.8, 4) is 0 Å². The van der Waals surface area contributed by atoms with Gasteiger partial charge in [0, 0.05) is 32.9 Å². The fourth-order valence-corrected chi connectivity index (χ4v) is 2.59. The molecular formula is C19H30IN5O. The third-order valence-electron chi connectivity index (χ3n) is 3.89. The summed E-state index contributed by atoms with van der Waals surface area (Å²) in [6.07, 6.45) is 6.08. The minimum Gasteiger partial charge on any atom is -0.388 e. The van der Waals surface area contributed by atoms with Crippen molar-refractivity contribution in [2.24, 2.45) is 12.0 Å². The van der Waals surface area contributed by atoms with Crippen molar-refractivity contribution in [2.75, 3.05) is 19.6 Å². The first-order valence-electron chi connectivity index (χ1n) is 8.91. The minimum absolute atomic E-state index is 0. The van der Waals surface area contributed by atoms with Crippen LogP contribution in [0.4, 0.5) is 0 Å². The van der Waals surface area contributed by atoms with Crippen molar-refractivity contribution in [1.82, 2.24) is 20.4 Å². The van der Waals surface area contributed by atoms with Crippen molar-refractivity contribution in [3.05, 3.63) is 53.9 Å². The van der Waals surface area contributed by atoms with Crippen molar-refractivity contribution in [3.63, 3.8) is 0 Å². The molecule has 144 valence electrons. The van der Waals surface area contributed by atoms with Gasteiger partial charge in [0.05, 0.1) is 12.3 Å². The van der Waals surface area contributed by atoms with Crippen molar-refractivity contribution in [2.45, 2.75) is 32.3 Å². The number of aliphatic imine (C=N–C) groups is 1. The van der Waals surface area contributed by atoms with Crippen LogP contribution in [0.2, 0.25) is 0 Å². The first-order valence-corrected chi connectivity index (χ1v) is 8.91. The first kappa shape index (κ1) is 22.4. The van der Waals surface area contributed by atoms with E-state index in [1.807, 2.05) is 61.4 Å². The third kappa shape index (κ3) is 8.18. The zero-order chi connectivity index (χ0) is 17.9. The molecule has 1 atom stereocenters. The van der Waals surface area contributed by atoms with Crippen LogP contribution in [0.25, 0.3) is 0 Å². The maximum atomic E-state index is 10.2. The van der Waals surface area contributed by atoms with Crippen molar-refractivity contribution in [1.29, 1.82) is 0 Å². The van der Waals surface area contributed by atoms with E-state index in [4.69, 9.17) is 0 Å². The van der Waals surface area contributed by atoms with Gasteiger partial charge >= 0.3 is 0 Å². The molecule has 0 aliphatic heterocycles. The number of guanidine groups is 1. The van der Waals surface area contributed by atoms with E-state index >= 15 is 0 Å². The normalized spacial score (nSPS) is 12.3. The Labute approximate surface area is 173 Å². The second kappa shape index (κ2) is 12.7. The Morgan fingerprint density at radius 1 is 1.27 bits per heavy atom. The predicted octanol–water partition coefficient (Wildman–Crippen LogP) is 2.65. The molecule has 6 nitrogen and oxygen atoms in total. The molecule has 26 heavy (non-hydrogen) atoms. The summed E-state index contributed by atoms with van der Waals surface area (Å²) in [4.78, 5) is 4.59. The van der Waals surface area contributed by atoms with E-state index in [1.54, 1.807) is 0 Å². The molecule has 1 unspecified atom stereocenters. The van der Waals surface area contributed by atoms with Gasteiger partial charge in [-0.2, -0.15) is 5.10 Å². The summed E-state index contributed by atoms with van der Waals surface area (Å²) in [5.41, 5.74) is 2.18. The lowest BCUT2D eigenvalue weighted by molar-refractivity contribution is 0.168. The smallest absolute Gasteiger partial charge is 0.191 e. The number of aromatic nitrogens is 2. The van der Waals surface area contributed by atoms with Crippen LogP contribution >= 0.6 is 24.0 Å². The van der Waals surface area contributed by atoms with Gasteiger partial charge in [-0.25, -0.2) is 0 Å². The number of aliphatic hydroxyl groups is 1. The maximum absolute atomic E-state index is 10.2. The number of hydrogen-bond acceptors (Lipinski definition) is 3. The van der Waals surface area contributed by atoms with Gasteiger partial charge in [-0.05, 0) is 37.3 Å². The zero-order valence-electron chi connectivity index (χ0n) is 15.6. The molecule has 0 aliphatic rings. The topological polar surface area (TPSA) is 74.5 Å². The van der Waals surface area contributed by atoms with Crippen LogP contribution in [0.15, 0.2) is 47.7 Å². The molecule has 2 aromatic rings. The lowest BCUT2D eigenvalue weighted by atomic mass is 10.1. The third-order valence-corrected chi connectivity index (χ3v) is 3.89. The first-order chi connectivity index (χ1) is 12.2. The monoisotopic (exact) mass is 471 g/mol. The summed E-state index contributed by atoms with van der Waals surface area (Å²) >= 11 is 0. The van der Waals surface area contributed by atoms with Gasteiger partial charge in [0.1, 0.15) is 0 Å². The molecule has 3 N–H and O–H groups in total. The Kier molecular flexibility index (Phi) is 11.0. The molecule has 2 rings (SSSR count). The highest BCUT2D eigenvalue weighted by Gasteiger charge is 2.06. The van der Waals surface area contributed by atoms with Gasteiger partial charge < -0.3 is 15.7 Å². The number of nitrogens with zero attached hydrogens (tertiary/aromatic N) is 3. The lowest BCUT2D eigenvalue weighted by Gasteiger charge is -2.14. The van der Waals surface area contributed by atoms with E-state index in [1.165, 1.54) is 5.56 Å². The molecular weight excluding hydrogens is 441 g/mol. The van der Waals surface area contributed by atoms with Crippen molar-refractivity contribution >= 4 is 29.9 Å². The number of hydrogen-bond donors (Lipinski definition) is 3. The fourth-order valence-electron chi connectivity index (χ4n) is 2.59. The Hall–Kier alpha value is -1.61. The second-order valence-corrected chi connectivity index (χ2v) is 6.03. The minimum atomic E-state index is -0.456. The van der Waals surface area contributed by atoms with Gasteiger partial charge in [0.25, 0.3) is 0 Å². The lowest BCUT2D eigenvalue weighted by Crippen LogP contribution is -2.38. The summed E-state index contributed by atoms with van der Waals surface area (Å²) in [6.45, 7) is 4.29.